The fraction of sp³-hybridized carbons (Fsp3) is 0.529. The van der Waals surface area contributed by atoms with Gasteiger partial charge in [0.2, 0.25) is 11.8 Å². The van der Waals surface area contributed by atoms with Gasteiger partial charge in [0.25, 0.3) is 0 Å². The number of hydrogen-bond donors (Lipinski definition) is 1. The van der Waals surface area contributed by atoms with Crippen molar-refractivity contribution in [1.82, 2.24) is 10.2 Å². The predicted molar refractivity (Wildman–Crippen MR) is 86.2 cm³/mol. The molecule has 0 saturated carbocycles. The molecule has 2 heterocycles. The van der Waals surface area contributed by atoms with Crippen LogP contribution < -0.4 is 14.8 Å². The second-order valence-electron chi connectivity index (χ2n) is 5.75. The van der Waals surface area contributed by atoms with Gasteiger partial charge in [-0.3, -0.25) is 9.59 Å². The third-order valence-electron chi connectivity index (χ3n) is 4.05. The van der Waals surface area contributed by atoms with Gasteiger partial charge in [0.15, 0.2) is 11.5 Å². The number of rotatable bonds is 5. The molecule has 0 aliphatic carbocycles. The third-order valence-corrected chi connectivity index (χ3v) is 4.05. The molecule has 130 valence electrons. The fourth-order valence-electron chi connectivity index (χ4n) is 2.69. The maximum Gasteiger partial charge on any atom is 0.242 e. The summed E-state index contributed by atoms with van der Waals surface area (Å²) >= 11 is 0. The van der Waals surface area contributed by atoms with E-state index in [1.807, 2.05) is 18.2 Å². The molecular weight excluding hydrogens is 312 g/mol. The van der Waals surface area contributed by atoms with E-state index < -0.39 is 0 Å². The number of ether oxygens (including phenoxy) is 3. The Hall–Kier alpha value is -2.28. The molecule has 1 saturated heterocycles. The minimum atomic E-state index is -0.133. The largest absolute Gasteiger partial charge is 0.486 e. The van der Waals surface area contributed by atoms with Gasteiger partial charge in [-0.2, -0.15) is 0 Å². The maximum absolute atomic E-state index is 12.0. The molecule has 2 aliphatic heterocycles. The quantitative estimate of drug-likeness (QED) is 0.842. The topological polar surface area (TPSA) is 77.1 Å². The Morgan fingerprint density at radius 1 is 1.04 bits per heavy atom. The summed E-state index contributed by atoms with van der Waals surface area (Å²) in [5.74, 6) is 1.27. The third kappa shape index (κ3) is 4.38. The Kier molecular flexibility index (Phi) is 5.53. The van der Waals surface area contributed by atoms with Crippen molar-refractivity contribution in [3.63, 3.8) is 0 Å². The van der Waals surface area contributed by atoms with Crippen LogP contribution in [0.15, 0.2) is 18.2 Å². The van der Waals surface area contributed by atoms with Gasteiger partial charge in [-0.05, 0) is 24.1 Å². The van der Waals surface area contributed by atoms with Gasteiger partial charge in [-0.25, -0.2) is 0 Å². The summed E-state index contributed by atoms with van der Waals surface area (Å²) in [7, 11) is 0. The Morgan fingerprint density at radius 3 is 2.58 bits per heavy atom. The first kappa shape index (κ1) is 16.6. The number of aryl methyl sites for hydroxylation is 1. The summed E-state index contributed by atoms with van der Waals surface area (Å²) in [4.78, 5) is 25.6. The number of fused-ring (bicyclic) bond motifs is 1. The highest BCUT2D eigenvalue weighted by atomic mass is 16.6. The Morgan fingerprint density at radius 2 is 1.79 bits per heavy atom. The van der Waals surface area contributed by atoms with Crippen LogP contribution in [0.4, 0.5) is 0 Å². The summed E-state index contributed by atoms with van der Waals surface area (Å²) in [6.45, 7) is 3.44. The van der Waals surface area contributed by atoms with Crippen LogP contribution in [0.2, 0.25) is 0 Å². The van der Waals surface area contributed by atoms with Crippen molar-refractivity contribution in [2.45, 2.75) is 12.8 Å². The van der Waals surface area contributed by atoms with E-state index in [0.29, 0.717) is 52.4 Å². The zero-order valence-corrected chi connectivity index (χ0v) is 13.6. The van der Waals surface area contributed by atoms with Gasteiger partial charge in [0, 0.05) is 19.5 Å². The Balaban J connectivity index is 1.41. The molecule has 0 radical (unpaired) electrons. The highest BCUT2D eigenvalue weighted by molar-refractivity contribution is 5.84. The van der Waals surface area contributed by atoms with Crippen LogP contribution in [-0.4, -0.2) is 62.8 Å². The molecule has 1 aromatic rings. The lowest BCUT2D eigenvalue weighted by atomic mass is 10.1. The normalized spacial score (nSPS) is 16.6. The Bertz CT molecular complexity index is 599. The van der Waals surface area contributed by atoms with Crippen molar-refractivity contribution >= 4 is 11.8 Å². The number of carbonyl (C=O) groups is 2. The molecule has 1 fully saturated rings. The molecule has 2 aliphatic rings. The van der Waals surface area contributed by atoms with Crippen molar-refractivity contribution < 1.29 is 23.8 Å². The van der Waals surface area contributed by atoms with Crippen LogP contribution in [0.3, 0.4) is 0 Å². The number of morpholine rings is 1. The lowest BCUT2D eigenvalue weighted by Crippen LogP contribution is -2.45. The first-order valence-electron chi connectivity index (χ1n) is 8.23. The summed E-state index contributed by atoms with van der Waals surface area (Å²) in [5.41, 5.74) is 1.01. The molecule has 2 amide bonds. The number of carbonyl (C=O) groups excluding carboxylic acids is 2. The van der Waals surface area contributed by atoms with Crippen molar-refractivity contribution in [3.05, 3.63) is 23.8 Å². The molecule has 3 rings (SSSR count). The van der Waals surface area contributed by atoms with Crippen molar-refractivity contribution in [2.24, 2.45) is 0 Å². The SMILES string of the molecule is O=C(CCc1ccc2c(c1)OCCO2)NCC(=O)N1CCOCC1. The molecule has 0 aromatic heterocycles. The zero-order chi connectivity index (χ0) is 16.8. The minimum Gasteiger partial charge on any atom is -0.486 e. The maximum atomic E-state index is 12.0. The van der Waals surface area contributed by atoms with E-state index in [-0.39, 0.29) is 18.4 Å². The minimum absolute atomic E-state index is 0.0416. The van der Waals surface area contributed by atoms with Crippen molar-refractivity contribution in [1.29, 1.82) is 0 Å². The molecule has 0 spiro atoms. The molecule has 0 atom stereocenters. The summed E-state index contributed by atoms with van der Waals surface area (Å²) in [6, 6.07) is 5.70. The Labute approximate surface area is 140 Å². The van der Waals surface area contributed by atoms with Gasteiger partial charge < -0.3 is 24.4 Å². The molecule has 7 nitrogen and oxygen atoms in total. The van der Waals surface area contributed by atoms with Gasteiger partial charge in [-0.15, -0.1) is 0 Å². The highest BCUT2D eigenvalue weighted by Gasteiger charge is 2.17. The molecule has 1 N–H and O–H groups in total. The smallest absolute Gasteiger partial charge is 0.242 e. The number of nitrogens with zero attached hydrogens (tertiary/aromatic N) is 1. The number of nitrogens with one attached hydrogen (secondary N) is 1. The summed E-state index contributed by atoms with van der Waals surface area (Å²) in [6.07, 6.45) is 0.921. The van der Waals surface area contributed by atoms with Gasteiger partial charge >= 0.3 is 0 Å². The van der Waals surface area contributed by atoms with E-state index in [1.54, 1.807) is 4.90 Å². The molecule has 0 unspecified atom stereocenters. The fourth-order valence-corrected chi connectivity index (χ4v) is 2.69. The molecule has 1 aromatic carbocycles. The van der Waals surface area contributed by atoms with E-state index in [4.69, 9.17) is 14.2 Å². The lowest BCUT2D eigenvalue weighted by Gasteiger charge is -2.26. The average Bonchev–Trinajstić information content (AvgIpc) is 2.65. The zero-order valence-electron chi connectivity index (χ0n) is 13.6. The average molecular weight is 334 g/mol. The van der Waals surface area contributed by atoms with E-state index >= 15 is 0 Å². The molecule has 24 heavy (non-hydrogen) atoms. The molecular formula is C17H22N2O5. The van der Waals surface area contributed by atoms with Crippen LogP contribution >= 0.6 is 0 Å². The van der Waals surface area contributed by atoms with E-state index in [1.165, 1.54) is 0 Å². The van der Waals surface area contributed by atoms with Crippen LogP contribution in [-0.2, 0) is 20.7 Å². The number of amides is 2. The van der Waals surface area contributed by atoms with E-state index in [2.05, 4.69) is 5.32 Å². The number of benzene rings is 1. The monoisotopic (exact) mass is 334 g/mol. The highest BCUT2D eigenvalue weighted by Crippen LogP contribution is 2.30. The molecule has 7 heteroatoms. The first-order valence-corrected chi connectivity index (χ1v) is 8.23. The standard InChI is InChI=1S/C17H22N2O5/c20-16(18-12-17(21)19-5-7-22-8-6-19)4-2-13-1-3-14-15(11-13)24-10-9-23-14/h1,3,11H,2,4-10,12H2,(H,18,20). The number of hydrogen-bond acceptors (Lipinski definition) is 5. The second kappa shape index (κ2) is 8.01. The van der Waals surface area contributed by atoms with Crippen LogP contribution in [0.5, 0.6) is 11.5 Å². The second-order valence-corrected chi connectivity index (χ2v) is 5.75. The van der Waals surface area contributed by atoms with Gasteiger partial charge in [-0.1, -0.05) is 6.07 Å². The lowest BCUT2D eigenvalue weighted by molar-refractivity contribution is -0.136. The van der Waals surface area contributed by atoms with E-state index in [0.717, 1.165) is 17.1 Å². The van der Waals surface area contributed by atoms with E-state index in [9.17, 15) is 9.59 Å². The van der Waals surface area contributed by atoms with Gasteiger partial charge in [0.1, 0.15) is 13.2 Å². The summed E-state index contributed by atoms with van der Waals surface area (Å²) in [5, 5.41) is 2.69. The van der Waals surface area contributed by atoms with Crippen molar-refractivity contribution in [2.75, 3.05) is 46.1 Å². The van der Waals surface area contributed by atoms with Crippen LogP contribution in [0, 0.1) is 0 Å². The van der Waals surface area contributed by atoms with Gasteiger partial charge in [0.05, 0.1) is 19.8 Å². The van der Waals surface area contributed by atoms with Crippen LogP contribution in [0.1, 0.15) is 12.0 Å². The summed E-state index contributed by atoms with van der Waals surface area (Å²) < 4.78 is 16.2. The molecule has 0 bridgehead atoms. The first-order chi connectivity index (χ1) is 11.7. The van der Waals surface area contributed by atoms with Crippen molar-refractivity contribution in [3.8, 4) is 11.5 Å². The predicted octanol–water partition coefficient (Wildman–Crippen LogP) is 0.365. The van der Waals surface area contributed by atoms with Crippen LogP contribution in [0.25, 0.3) is 0 Å².